The normalized spacial score (nSPS) is 24.3. The zero-order valence-electron chi connectivity index (χ0n) is 20.8. The molecule has 1 aromatic heterocycles. The number of nitrogens with one attached hydrogen (secondary N) is 2. The summed E-state index contributed by atoms with van der Waals surface area (Å²) in [5.41, 5.74) is 0.891. The van der Waals surface area contributed by atoms with Gasteiger partial charge in [-0.25, -0.2) is 4.98 Å². The average Bonchev–Trinajstić information content (AvgIpc) is 3.35. The van der Waals surface area contributed by atoms with Crippen molar-refractivity contribution >= 4 is 29.6 Å². The van der Waals surface area contributed by atoms with Crippen molar-refractivity contribution in [1.82, 2.24) is 25.1 Å². The molecule has 5 rings (SSSR count). The molecule has 1 unspecified atom stereocenters. The summed E-state index contributed by atoms with van der Waals surface area (Å²) in [5, 5.41) is 10.4. The van der Waals surface area contributed by atoms with Crippen LogP contribution < -0.4 is 21.4 Å². The second-order valence-electron chi connectivity index (χ2n) is 10.3. The van der Waals surface area contributed by atoms with Crippen molar-refractivity contribution in [3.05, 3.63) is 30.1 Å². The largest absolute Gasteiger partial charge is 0.358 e. The number of nitrogens with zero attached hydrogens (tertiary/aromatic N) is 6. The minimum Gasteiger partial charge on any atom is -0.358 e. The zero-order chi connectivity index (χ0) is 24.4. The molecule has 1 saturated carbocycles. The monoisotopic (exact) mass is 479 g/mol. The van der Waals surface area contributed by atoms with Gasteiger partial charge in [-0.05, 0) is 39.8 Å². The van der Waals surface area contributed by atoms with E-state index in [1.165, 1.54) is 12.8 Å². The van der Waals surface area contributed by atoms with E-state index in [0.717, 1.165) is 56.0 Å². The molecule has 188 valence electrons. The van der Waals surface area contributed by atoms with E-state index in [2.05, 4.69) is 49.5 Å². The number of anilines is 2. The summed E-state index contributed by atoms with van der Waals surface area (Å²) in [4.78, 5) is 28.8. The van der Waals surface area contributed by atoms with Gasteiger partial charge in [0.25, 0.3) is 0 Å². The molecule has 0 bridgehead atoms. The minimum atomic E-state index is -0.312. The number of likely N-dealkylation sites (tertiary alicyclic amines) is 1. The number of hydrogen-bond acceptors (Lipinski definition) is 8. The number of rotatable bonds is 5. The van der Waals surface area contributed by atoms with Crippen molar-refractivity contribution in [3.8, 4) is 0 Å². The molecule has 4 N–H and O–H groups in total. The highest BCUT2D eigenvalue weighted by atomic mass is 16.2. The van der Waals surface area contributed by atoms with Gasteiger partial charge in [-0.3, -0.25) is 4.79 Å². The van der Waals surface area contributed by atoms with Crippen molar-refractivity contribution in [3.63, 3.8) is 0 Å². The number of carbonyl (C=O) groups excluding carboxylic acids is 1. The molecule has 4 aliphatic rings. The number of nitrogens with two attached hydrogens (primary N) is 1. The molecule has 10 heteroatoms. The van der Waals surface area contributed by atoms with Gasteiger partial charge >= 0.3 is 0 Å². The van der Waals surface area contributed by atoms with Crippen LogP contribution in [0.4, 0.5) is 11.8 Å². The molecular weight excluding hydrogens is 442 g/mol. The fourth-order valence-corrected chi connectivity index (χ4v) is 5.99. The number of piperidine rings is 1. The molecule has 1 atom stereocenters. The highest BCUT2D eigenvalue weighted by Gasteiger charge is 2.49. The van der Waals surface area contributed by atoms with Crippen LogP contribution in [0.5, 0.6) is 0 Å². The van der Waals surface area contributed by atoms with E-state index in [1.54, 1.807) is 0 Å². The molecule has 0 aromatic carbocycles. The van der Waals surface area contributed by atoms with Crippen molar-refractivity contribution < 1.29 is 4.79 Å². The summed E-state index contributed by atoms with van der Waals surface area (Å²) in [6.07, 6.45) is 17.0. The Balaban J connectivity index is 1.25. The SMILES string of the molecule is CN(C)C1CCN(/C(C/C=C/Nc2ncc3c(n2)N2C(C=C3)C(=O)NCC23CCCC3)=N\N)CC1. The number of fused-ring (bicyclic) bond motifs is 4. The van der Waals surface area contributed by atoms with Gasteiger partial charge < -0.3 is 31.2 Å². The van der Waals surface area contributed by atoms with Crippen LogP contribution in [-0.2, 0) is 4.79 Å². The second kappa shape index (κ2) is 9.85. The molecule has 35 heavy (non-hydrogen) atoms. The lowest BCUT2D eigenvalue weighted by atomic mass is 9.87. The Hall–Kier alpha value is -3.14. The Kier molecular flexibility index (Phi) is 6.64. The molecule has 10 nitrogen and oxygen atoms in total. The van der Waals surface area contributed by atoms with Gasteiger partial charge in [0.05, 0.1) is 5.54 Å². The average molecular weight is 480 g/mol. The summed E-state index contributed by atoms with van der Waals surface area (Å²) < 4.78 is 0. The van der Waals surface area contributed by atoms with Crippen LogP contribution in [0.1, 0.15) is 50.5 Å². The van der Waals surface area contributed by atoms with E-state index in [0.29, 0.717) is 25.0 Å². The fraction of sp³-hybridized carbons (Fsp3) is 0.600. The predicted molar refractivity (Wildman–Crippen MR) is 139 cm³/mol. The molecule has 1 amide bonds. The van der Waals surface area contributed by atoms with Crippen LogP contribution in [0.15, 0.2) is 29.7 Å². The van der Waals surface area contributed by atoms with Gasteiger partial charge in [0.15, 0.2) is 0 Å². The molecule has 1 aromatic rings. The van der Waals surface area contributed by atoms with E-state index in [4.69, 9.17) is 10.8 Å². The standard InChI is InChI=1S/C25H37N9O/c1-32(2)19-9-14-33(15-10-19)21(31-26)6-5-13-27-24-28-16-18-7-8-20-23(35)29-17-25(11-3-4-12-25)34(20)22(18)30-24/h5,7-8,13,16,19-20H,3-4,6,9-12,14-15,17,26H2,1-2H3,(H,29,35)(H,27,28,30)/b13-5+,31-21-. The van der Waals surface area contributed by atoms with Crippen LogP contribution in [0.25, 0.3) is 6.08 Å². The third-order valence-corrected chi connectivity index (χ3v) is 8.01. The van der Waals surface area contributed by atoms with E-state index in [-0.39, 0.29) is 17.5 Å². The van der Waals surface area contributed by atoms with Gasteiger partial charge in [0, 0.05) is 50.1 Å². The first-order valence-corrected chi connectivity index (χ1v) is 12.7. The number of hydrogen-bond donors (Lipinski definition) is 3. The third-order valence-electron chi connectivity index (χ3n) is 8.01. The van der Waals surface area contributed by atoms with Gasteiger partial charge in [-0.2, -0.15) is 10.1 Å². The van der Waals surface area contributed by atoms with E-state index >= 15 is 0 Å². The number of piperazine rings is 1. The number of aromatic nitrogens is 2. The highest BCUT2D eigenvalue weighted by Crippen LogP contribution is 2.43. The highest BCUT2D eigenvalue weighted by molar-refractivity contribution is 5.93. The molecule has 4 heterocycles. The van der Waals surface area contributed by atoms with Crippen molar-refractivity contribution in [2.45, 2.75) is 62.6 Å². The maximum Gasteiger partial charge on any atom is 0.246 e. The Morgan fingerprint density at radius 1 is 1.34 bits per heavy atom. The number of amidine groups is 1. The lowest BCUT2D eigenvalue weighted by Crippen LogP contribution is -2.67. The van der Waals surface area contributed by atoms with Gasteiger partial charge in [-0.1, -0.05) is 31.1 Å². The minimum absolute atomic E-state index is 0.0423. The number of amides is 1. The molecular formula is C25H37N9O. The Morgan fingerprint density at radius 3 is 2.83 bits per heavy atom. The topological polar surface area (TPSA) is 115 Å². The number of carbonyl (C=O) groups is 1. The smallest absolute Gasteiger partial charge is 0.246 e. The summed E-state index contributed by atoms with van der Waals surface area (Å²) in [6, 6.07) is 0.306. The molecule has 2 saturated heterocycles. The van der Waals surface area contributed by atoms with Gasteiger partial charge in [0.1, 0.15) is 17.7 Å². The van der Waals surface area contributed by atoms with Gasteiger partial charge in [-0.15, -0.1) is 0 Å². The van der Waals surface area contributed by atoms with Crippen molar-refractivity contribution in [2.75, 3.05) is 43.9 Å². The lowest BCUT2D eigenvalue weighted by molar-refractivity contribution is -0.123. The molecule has 3 fully saturated rings. The van der Waals surface area contributed by atoms with Crippen LogP contribution in [-0.4, -0.2) is 82.9 Å². The summed E-state index contributed by atoms with van der Waals surface area (Å²) in [7, 11) is 4.28. The van der Waals surface area contributed by atoms with Crippen molar-refractivity contribution in [2.24, 2.45) is 10.9 Å². The Morgan fingerprint density at radius 2 is 2.11 bits per heavy atom. The fourth-order valence-electron chi connectivity index (χ4n) is 5.99. The van der Waals surface area contributed by atoms with E-state index < -0.39 is 0 Å². The quantitative estimate of drug-likeness (QED) is 0.253. The predicted octanol–water partition coefficient (Wildman–Crippen LogP) is 1.73. The summed E-state index contributed by atoms with van der Waals surface area (Å²) in [5.74, 6) is 8.00. The first-order valence-electron chi connectivity index (χ1n) is 12.7. The van der Waals surface area contributed by atoms with Crippen LogP contribution in [0, 0.1) is 0 Å². The maximum atomic E-state index is 12.6. The summed E-state index contributed by atoms with van der Waals surface area (Å²) in [6.45, 7) is 2.61. The third kappa shape index (κ3) is 4.59. The van der Waals surface area contributed by atoms with E-state index in [1.807, 2.05) is 30.6 Å². The van der Waals surface area contributed by atoms with Crippen LogP contribution in [0.3, 0.4) is 0 Å². The zero-order valence-corrected chi connectivity index (χ0v) is 20.8. The van der Waals surface area contributed by atoms with E-state index in [9.17, 15) is 4.79 Å². The molecule has 1 spiro atoms. The number of hydrazone groups is 1. The first kappa shape index (κ1) is 23.6. The second-order valence-corrected chi connectivity index (χ2v) is 10.3. The molecule has 1 aliphatic carbocycles. The maximum absolute atomic E-state index is 12.6. The first-order chi connectivity index (χ1) is 17.0. The van der Waals surface area contributed by atoms with Crippen molar-refractivity contribution in [1.29, 1.82) is 0 Å². The lowest BCUT2D eigenvalue weighted by Gasteiger charge is -2.50. The van der Waals surface area contributed by atoms with Crippen LogP contribution >= 0.6 is 0 Å². The summed E-state index contributed by atoms with van der Waals surface area (Å²) >= 11 is 0. The van der Waals surface area contributed by atoms with Gasteiger partial charge in [0.2, 0.25) is 11.9 Å². The molecule has 3 aliphatic heterocycles. The Bertz CT molecular complexity index is 1020. The molecule has 0 radical (unpaired) electrons. The van der Waals surface area contributed by atoms with Crippen LogP contribution in [0.2, 0.25) is 0 Å². The Labute approximate surface area is 207 Å².